The summed E-state index contributed by atoms with van der Waals surface area (Å²) in [5.74, 6) is 0.612. The lowest BCUT2D eigenvalue weighted by Gasteiger charge is -2.03. The molecule has 5 heteroatoms. The first-order chi connectivity index (χ1) is 7.20. The van der Waals surface area contributed by atoms with Crippen LogP contribution >= 0.6 is 0 Å². The van der Waals surface area contributed by atoms with Gasteiger partial charge in [-0.3, -0.25) is 4.68 Å². The van der Waals surface area contributed by atoms with E-state index in [1.807, 2.05) is 26.2 Å². The average Bonchev–Trinajstić information content (AvgIpc) is 2.65. The molecule has 15 heavy (non-hydrogen) atoms. The maximum atomic E-state index is 4.38. The molecule has 0 bridgehead atoms. The second kappa shape index (κ2) is 3.68. The molecule has 2 rings (SSSR count). The molecule has 0 aliphatic carbocycles. The second-order valence-electron chi connectivity index (χ2n) is 3.35. The highest BCUT2D eigenvalue weighted by Crippen LogP contribution is 2.19. The standard InChI is InChI=1S/C10H13N5/c1-7-6-12-10(11-2)13-9(7)8-4-5-15(3)14-8/h4-6H,1-3H3,(H,11,12,13). The molecule has 2 aromatic rings. The van der Waals surface area contributed by atoms with Gasteiger partial charge in [0.1, 0.15) is 5.69 Å². The molecule has 0 amide bonds. The Bertz CT molecular complexity index is 474. The van der Waals surface area contributed by atoms with Gasteiger partial charge in [-0.1, -0.05) is 0 Å². The minimum atomic E-state index is 0.612. The summed E-state index contributed by atoms with van der Waals surface area (Å²) in [6.07, 6.45) is 3.69. The number of aryl methyl sites for hydroxylation is 2. The molecule has 0 atom stereocenters. The largest absolute Gasteiger partial charge is 0.357 e. The predicted molar refractivity (Wildman–Crippen MR) is 58.5 cm³/mol. The summed E-state index contributed by atoms with van der Waals surface area (Å²) in [5, 5.41) is 7.23. The molecule has 0 unspecified atom stereocenters. The normalized spacial score (nSPS) is 10.3. The van der Waals surface area contributed by atoms with E-state index in [1.54, 1.807) is 17.9 Å². The van der Waals surface area contributed by atoms with Gasteiger partial charge in [0.05, 0.1) is 5.69 Å². The van der Waals surface area contributed by atoms with Crippen molar-refractivity contribution in [2.45, 2.75) is 6.92 Å². The van der Waals surface area contributed by atoms with Crippen LogP contribution in [0.3, 0.4) is 0 Å². The molecule has 0 aliphatic heterocycles. The highest BCUT2D eigenvalue weighted by Gasteiger charge is 2.07. The van der Waals surface area contributed by atoms with E-state index in [2.05, 4.69) is 20.4 Å². The van der Waals surface area contributed by atoms with Crippen molar-refractivity contribution in [3.63, 3.8) is 0 Å². The minimum absolute atomic E-state index is 0.612. The van der Waals surface area contributed by atoms with E-state index in [9.17, 15) is 0 Å². The van der Waals surface area contributed by atoms with Gasteiger partial charge in [-0.15, -0.1) is 0 Å². The van der Waals surface area contributed by atoms with E-state index in [4.69, 9.17) is 0 Å². The molecule has 0 radical (unpaired) electrons. The predicted octanol–water partition coefficient (Wildman–Crippen LogP) is 1.23. The van der Waals surface area contributed by atoms with Crippen molar-refractivity contribution in [1.29, 1.82) is 0 Å². The zero-order chi connectivity index (χ0) is 10.8. The summed E-state index contributed by atoms with van der Waals surface area (Å²) in [5.41, 5.74) is 2.76. The first kappa shape index (κ1) is 9.64. The maximum absolute atomic E-state index is 4.38. The van der Waals surface area contributed by atoms with Crippen molar-refractivity contribution >= 4 is 5.95 Å². The molecular formula is C10H13N5. The maximum Gasteiger partial charge on any atom is 0.223 e. The third kappa shape index (κ3) is 1.81. The Labute approximate surface area is 88.2 Å². The van der Waals surface area contributed by atoms with Gasteiger partial charge in [0, 0.05) is 26.5 Å². The van der Waals surface area contributed by atoms with Crippen molar-refractivity contribution in [3.05, 3.63) is 24.0 Å². The molecule has 0 fully saturated rings. The summed E-state index contributed by atoms with van der Waals surface area (Å²) < 4.78 is 1.76. The van der Waals surface area contributed by atoms with Gasteiger partial charge in [-0.05, 0) is 18.6 Å². The van der Waals surface area contributed by atoms with Gasteiger partial charge >= 0.3 is 0 Å². The van der Waals surface area contributed by atoms with Gasteiger partial charge in [-0.2, -0.15) is 5.10 Å². The van der Waals surface area contributed by atoms with E-state index in [-0.39, 0.29) is 0 Å². The Balaban J connectivity index is 2.51. The Morgan fingerprint density at radius 2 is 2.20 bits per heavy atom. The molecule has 2 aromatic heterocycles. The van der Waals surface area contributed by atoms with Crippen molar-refractivity contribution < 1.29 is 0 Å². The quantitative estimate of drug-likeness (QED) is 0.797. The minimum Gasteiger partial charge on any atom is -0.357 e. The lowest BCUT2D eigenvalue weighted by Crippen LogP contribution is -1.99. The van der Waals surface area contributed by atoms with Gasteiger partial charge < -0.3 is 5.32 Å². The third-order valence-corrected chi connectivity index (χ3v) is 2.15. The lowest BCUT2D eigenvalue weighted by molar-refractivity contribution is 0.769. The molecule has 0 aromatic carbocycles. The summed E-state index contributed by atoms with van der Waals surface area (Å²) in [4.78, 5) is 8.51. The zero-order valence-corrected chi connectivity index (χ0v) is 9.02. The second-order valence-corrected chi connectivity index (χ2v) is 3.35. The summed E-state index contributed by atoms with van der Waals surface area (Å²) in [7, 11) is 3.69. The van der Waals surface area contributed by atoms with Crippen LogP contribution in [0.1, 0.15) is 5.56 Å². The highest BCUT2D eigenvalue weighted by molar-refractivity contribution is 5.58. The van der Waals surface area contributed by atoms with Crippen LogP contribution in [-0.2, 0) is 7.05 Å². The van der Waals surface area contributed by atoms with Gasteiger partial charge in [0.15, 0.2) is 0 Å². The number of nitrogens with one attached hydrogen (secondary N) is 1. The molecule has 1 N–H and O–H groups in total. The summed E-state index contributed by atoms with van der Waals surface area (Å²) in [6.45, 7) is 1.98. The van der Waals surface area contributed by atoms with Crippen LogP contribution < -0.4 is 5.32 Å². The van der Waals surface area contributed by atoms with Crippen LogP contribution in [0.25, 0.3) is 11.4 Å². The molecular weight excluding hydrogens is 190 g/mol. The van der Waals surface area contributed by atoms with Crippen molar-refractivity contribution in [2.75, 3.05) is 12.4 Å². The number of anilines is 1. The smallest absolute Gasteiger partial charge is 0.223 e. The van der Waals surface area contributed by atoms with E-state index >= 15 is 0 Å². The van der Waals surface area contributed by atoms with Crippen molar-refractivity contribution in [3.8, 4) is 11.4 Å². The Kier molecular flexibility index (Phi) is 2.37. The van der Waals surface area contributed by atoms with Gasteiger partial charge in [-0.25, -0.2) is 9.97 Å². The third-order valence-electron chi connectivity index (χ3n) is 2.15. The first-order valence-corrected chi connectivity index (χ1v) is 4.72. The fourth-order valence-electron chi connectivity index (χ4n) is 1.36. The van der Waals surface area contributed by atoms with E-state index in [0.717, 1.165) is 17.0 Å². The van der Waals surface area contributed by atoms with Crippen LogP contribution in [0.4, 0.5) is 5.95 Å². The van der Waals surface area contributed by atoms with Crippen LogP contribution in [-0.4, -0.2) is 26.8 Å². The summed E-state index contributed by atoms with van der Waals surface area (Å²) >= 11 is 0. The zero-order valence-electron chi connectivity index (χ0n) is 9.02. The molecule has 2 heterocycles. The van der Waals surface area contributed by atoms with Crippen LogP contribution in [0.2, 0.25) is 0 Å². The topological polar surface area (TPSA) is 55.6 Å². The average molecular weight is 203 g/mol. The lowest BCUT2D eigenvalue weighted by atomic mass is 10.2. The van der Waals surface area contributed by atoms with Gasteiger partial charge in [0.2, 0.25) is 5.95 Å². The Hall–Kier alpha value is -1.91. The number of hydrogen-bond donors (Lipinski definition) is 1. The Morgan fingerprint density at radius 3 is 2.80 bits per heavy atom. The molecule has 0 aliphatic rings. The number of aromatic nitrogens is 4. The number of nitrogens with zero attached hydrogens (tertiary/aromatic N) is 4. The monoisotopic (exact) mass is 203 g/mol. The van der Waals surface area contributed by atoms with Crippen LogP contribution in [0, 0.1) is 6.92 Å². The van der Waals surface area contributed by atoms with Gasteiger partial charge in [0.25, 0.3) is 0 Å². The molecule has 0 saturated carbocycles. The van der Waals surface area contributed by atoms with Crippen LogP contribution in [0.5, 0.6) is 0 Å². The fraction of sp³-hybridized carbons (Fsp3) is 0.300. The van der Waals surface area contributed by atoms with Crippen molar-refractivity contribution in [2.24, 2.45) is 7.05 Å². The number of rotatable bonds is 2. The molecule has 78 valence electrons. The number of hydrogen-bond acceptors (Lipinski definition) is 4. The highest BCUT2D eigenvalue weighted by atomic mass is 15.3. The van der Waals surface area contributed by atoms with Crippen molar-refractivity contribution in [1.82, 2.24) is 19.7 Å². The molecule has 5 nitrogen and oxygen atoms in total. The first-order valence-electron chi connectivity index (χ1n) is 4.72. The van der Waals surface area contributed by atoms with E-state index < -0.39 is 0 Å². The fourth-order valence-corrected chi connectivity index (χ4v) is 1.36. The van der Waals surface area contributed by atoms with E-state index in [0.29, 0.717) is 5.95 Å². The Morgan fingerprint density at radius 1 is 1.40 bits per heavy atom. The van der Waals surface area contributed by atoms with E-state index in [1.165, 1.54) is 0 Å². The molecule has 0 saturated heterocycles. The van der Waals surface area contributed by atoms with Crippen LogP contribution in [0.15, 0.2) is 18.5 Å². The SMILES string of the molecule is CNc1ncc(C)c(-c2ccn(C)n2)n1. The summed E-state index contributed by atoms with van der Waals surface area (Å²) in [6, 6.07) is 1.94. The molecule has 0 spiro atoms.